The molecule has 83 heavy (non-hydrogen) atoms. The minimum absolute atomic E-state index is 0.0977. The van der Waals surface area contributed by atoms with Crippen LogP contribution in [0.3, 0.4) is 0 Å². The van der Waals surface area contributed by atoms with E-state index in [4.69, 9.17) is 14.2 Å². The molecule has 0 bridgehead atoms. The third-order valence-electron chi connectivity index (χ3n) is 14.0. The van der Waals surface area contributed by atoms with Crippen molar-refractivity contribution >= 4 is 17.9 Å². The fraction of sp³-hybridized carbons (Fsp3) is 0.623. The molecule has 1 unspecified atom stereocenters. The molecule has 0 saturated heterocycles. The van der Waals surface area contributed by atoms with Gasteiger partial charge < -0.3 is 14.2 Å². The van der Waals surface area contributed by atoms with E-state index in [0.717, 1.165) is 167 Å². The quantitative estimate of drug-likeness (QED) is 0.0261. The van der Waals surface area contributed by atoms with Crippen molar-refractivity contribution in [2.24, 2.45) is 0 Å². The van der Waals surface area contributed by atoms with E-state index in [9.17, 15) is 14.4 Å². The lowest BCUT2D eigenvalue weighted by Crippen LogP contribution is -2.30. The van der Waals surface area contributed by atoms with Gasteiger partial charge in [0.1, 0.15) is 13.2 Å². The summed E-state index contributed by atoms with van der Waals surface area (Å²) in [6.45, 7) is 6.28. The van der Waals surface area contributed by atoms with Crippen LogP contribution in [0.25, 0.3) is 0 Å². The standard InChI is InChI=1S/C77H124O6/c1-4-7-10-13-16-19-22-25-28-31-33-34-35-36-37-38-39-40-41-42-44-46-49-52-55-58-61-64-67-70-76(79)82-73-74(72-81-75(78)69-66-63-60-57-54-51-48-45-30-27-24-21-18-15-12-9-6-3)83-77(80)71-68-65-62-59-56-53-50-47-43-32-29-26-23-20-17-14-11-8-5-2/h7-12,16-21,25-30,33-34,36-37,43,47-48,51,74H,4-6,13-15,22-24,31-32,35,38-42,44-46,49-50,52-73H2,1-3H3/b10-7-,11-8-,12-9-,19-16-,20-17-,21-18-,28-25-,29-26-,30-27-,34-33-,37-36-,47-43-,51-48-. The number of carbonyl (C=O) groups is 3. The largest absolute Gasteiger partial charge is 0.462 e. The van der Waals surface area contributed by atoms with Crippen LogP contribution in [0.15, 0.2) is 158 Å². The molecule has 0 fully saturated rings. The summed E-state index contributed by atoms with van der Waals surface area (Å²) in [5.41, 5.74) is 0. The van der Waals surface area contributed by atoms with Gasteiger partial charge in [-0.05, 0) is 141 Å². The summed E-state index contributed by atoms with van der Waals surface area (Å²) in [7, 11) is 0. The fourth-order valence-electron chi connectivity index (χ4n) is 9.04. The molecular weight excluding hydrogens is 1020 g/mol. The molecule has 0 spiro atoms. The van der Waals surface area contributed by atoms with E-state index in [1.54, 1.807) is 0 Å². The van der Waals surface area contributed by atoms with E-state index in [1.807, 2.05) is 0 Å². The van der Waals surface area contributed by atoms with Crippen LogP contribution in [0.5, 0.6) is 0 Å². The second-order valence-corrected chi connectivity index (χ2v) is 21.9. The summed E-state index contributed by atoms with van der Waals surface area (Å²) >= 11 is 0. The van der Waals surface area contributed by atoms with Crippen molar-refractivity contribution in [3.05, 3.63) is 158 Å². The molecule has 0 heterocycles. The number of hydrogen-bond acceptors (Lipinski definition) is 6. The Hall–Kier alpha value is -4.97. The van der Waals surface area contributed by atoms with Gasteiger partial charge in [0.15, 0.2) is 6.10 Å². The van der Waals surface area contributed by atoms with Gasteiger partial charge in [0.25, 0.3) is 0 Å². The Morgan fingerprint density at radius 1 is 0.241 bits per heavy atom. The SMILES string of the molecule is CC/C=C\C/C=C\C/C=C\C/C=C\C/C=C\CCCCCCCCCCCCCCCC(=O)OCC(COC(=O)CCCCCC/C=C\C/C=C\C/C=C\C/C=C\CC)OC(=O)CCCCCCCC/C=C\C/C=C\C/C=C\C/C=C\CC. The highest BCUT2D eigenvalue weighted by molar-refractivity contribution is 5.71. The highest BCUT2D eigenvalue weighted by Crippen LogP contribution is 2.16. The summed E-state index contributed by atoms with van der Waals surface area (Å²) < 4.78 is 16.9. The van der Waals surface area contributed by atoms with E-state index in [1.165, 1.54) is 83.5 Å². The Morgan fingerprint density at radius 3 is 0.675 bits per heavy atom. The van der Waals surface area contributed by atoms with Crippen molar-refractivity contribution in [2.75, 3.05) is 13.2 Å². The zero-order valence-electron chi connectivity index (χ0n) is 53.7. The smallest absolute Gasteiger partial charge is 0.306 e. The minimum Gasteiger partial charge on any atom is -0.462 e. The van der Waals surface area contributed by atoms with Crippen molar-refractivity contribution in [3.8, 4) is 0 Å². The Morgan fingerprint density at radius 2 is 0.434 bits per heavy atom. The topological polar surface area (TPSA) is 78.9 Å². The number of hydrogen-bond donors (Lipinski definition) is 0. The van der Waals surface area contributed by atoms with E-state index >= 15 is 0 Å². The van der Waals surface area contributed by atoms with Gasteiger partial charge in [-0.1, -0.05) is 288 Å². The summed E-state index contributed by atoms with van der Waals surface area (Å²) in [6, 6.07) is 0. The monoisotopic (exact) mass is 1140 g/mol. The molecule has 0 N–H and O–H groups in total. The average molecular weight is 1150 g/mol. The zero-order valence-corrected chi connectivity index (χ0v) is 53.7. The first-order valence-electron chi connectivity index (χ1n) is 34.0. The lowest BCUT2D eigenvalue weighted by Gasteiger charge is -2.18. The number of esters is 3. The molecule has 0 amide bonds. The van der Waals surface area contributed by atoms with Crippen LogP contribution < -0.4 is 0 Å². The molecule has 6 nitrogen and oxygen atoms in total. The molecular formula is C77H124O6. The van der Waals surface area contributed by atoms with Crippen molar-refractivity contribution in [2.45, 2.75) is 297 Å². The Balaban J connectivity index is 4.39. The minimum atomic E-state index is -0.806. The van der Waals surface area contributed by atoms with Gasteiger partial charge in [0, 0.05) is 19.3 Å². The lowest BCUT2D eigenvalue weighted by atomic mass is 10.0. The van der Waals surface area contributed by atoms with Crippen LogP contribution in [-0.4, -0.2) is 37.2 Å². The summed E-state index contributed by atoms with van der Waals surface area (Å²) in [4.78, 5) is 38.4. The first kappa shape index (κ1) is 78.0. The van der Waals surface area contributed by atoms with E-state index < -0.39 is 6.10 Å². The van der Waals surface area contributed by atoms with Crippen LogP contribution >= 0.6 is 0 Å². The summed E-state index contributed by atoms with van der Waals surface area (Å²) in [6.07, 6.45) is 101. The third-order valence-corrected chi connectivity index (χ3v) is 14.0. The highest BCUT2D eigenvalue weighted by Gasteiger charge is 2.19. The second-order valence-electron chi connectivity index (χ2n) is 21.9. The van der Waals surface area contributed by atoms with E-state index in [-0.39, 0.29) is 31.1 Å². The maximum absolute atomic E-state index is 12.9. The molecule has 0 rings (SSSR count). The van der Waals surface area contributed by atoms with Crippen LogP contribution in [0.2, 0.25) is 0 Å². The Kier molecular flexibility index (Phi) is 65.4. The second kappa shape index (κ2) is 69.5. The van der Waals surface area contributed by atoms with Crippen LogP contribution in [0, 0.1) is 0 Å². The first-order valence-corrected chi connectivity index (χ1v) is 34.0. The Labute approximate surface area is 511 Å². The molecule has 0 aromatic heterocycles. The molecule has 0 saturated carbocycles. The molecule has 0 radical (unpaired) electrons. The van der Waals surface area contributed by atoms with Crippen molar-refractivity contribution in [3.63, 3.8) is 0 Å². The number of unbranched alkanes of at least 4 members (excludes halogenated alkanes) is 23. The molecule has 0 aliphatic carbocycles. The normalized spacial score (nSPS) is 13.1. The number of allylic oxidation sites excluding steroid dienone is 26. The maximum Gasteiger partial charge on any atom is 0.306 e. The first-order chi connectivity index (χ1) is 41.0. The molecule has 0 aliphatic heterocycles. The predicted octanol–water partition coefficient (Wildman–Crippen LogP) is 23.7. The number of carbonyl (C=O) groups excluding carboxylic acids is 3. The average Bonchev–Trinajstić information content (AvgIpc) is 3.49. The van der Waals surface area contributed by atoms with Gasteiger partial charge in [0.2, 0.25) is 0 Å². The van der Waals surface area contributed by atoms with Gasteiger partial charge in [-0.3, -0.25) is 14.4 Å². The summed E-state index contributed by atoms with van der Waals surface area (Å²) in [5, 5.41) is 0. The fourth-order valence-corrected chi connectivity index (χ4v) is 9.04. The summed E-state index contributed by atoms with van der Waals surface area (Å²) in [5.74, 6) is -0.935. The Bertz CT molecular complexity index is 1840. The number of rotatable bonds is 60. The molecule has 6 heteroatoms. The highest BCUT2D eigenvalue weighted by atomic mass is 16.6. The molecule has 468 valence electrons. The maximum atomic E-state index is 12.9. The van der Waals surface area contributed by atoms with Gasteiger partial charge >= 0.3 is 17.9 Å². The van der Waals surface area contributed by atoms with Gasteiger partial charge in [-0.25, -0.2) is 0 Å². The van der Waals surface area contributed by atoms with Crippen molar-refractivity contribution in [1.82, 2.24) is 0 Å². The van der Waals surface area contributed by atoms with Gasteiger partial charge in [0.05, 0.1) is 0 Å². The van der Waals surface area contributed by atoms with Crippen LogP contribution in [-0.2, 0) is 28.6 Å². The molecule has 0 aromatic carbocycles. The zero-order chi connectivity index (χ0) is 59.9. The lowest BCUT2D eigenvalue weighted by molar-refractivity contribution is -0.167. The van der Waals surface area contributed by atoms with Crippen molar-refractivity contribution in [1.29, 1.82) is 0 Å². The number of ether oxygens (including phenoxy) is 3. The van der Waals surface area contributed by atoms with Gasteiger partial charge in [-0.2, -0.15) is 0 Å². The van der Waals surface area contributed by atoms with Crippen molar-refractivity contribution < 1.29 is 28.6 Å². The van der Waals surface area contributed by atoms with E-state index in [2.05, 4.69) is 179 Å². The predicted molar refractivity (Wildman–Crippen MR) is 362 cm³/mol. The molecule has 0 aromatic rings. The van der Waals surface area contributed by atoms with E-state index in [0.29, 0.717) is 19.3 Å². The van der Waals surface area contributed by atoms with Gasteiger partial charge in [-0.15, -0.1) is 0 Å². The molecule has 0 aliphatic rings. The van der Waals surface area contributed by atoms with Crippen LogP contribution in [0.1, 0.15) is 290 Å². The molecule has 1 atom stereocenters. The van der Waals surface area contributed by atoms with Crippen LogP contribution in [0.4, 0.5) is 0 Å². The third kappa shape index (κ3) is 67.7.